The van der Waals surface area contributed by atoms with Crippen molar-refractivity contribution >= 4 is 12.1 Å². The maximum Gasteiger partial charge on any atom is 0.244 e. The molecule has 1 N–H and O–H groups in total. The van der Waals surface area contributed by atoms with Gasteiger partial charge in [-0.1, -0.05) is 90.0 Å². The summed E-state index contributed by atoms with van der Waals surface area (Å²) in [7, 11) is 0. The van der Waals surface area contributed by atoms with Gasteiger partial charge in [0.2, 0.25) is 5.91 Å². The van der Waals surface area contributed by atoms with Crippen molar-refractivity contribution in [1.29, 1.82) is 0 Å². The van der Waals surface area contributed by atoms with Crippen molar-refractivity contribution in [3.63, 3.8) is 0 Å². The van der Waals surface area contributed by atoms with Crippen molar-refractivity contribution in [3.05, 3.63) is 107 Å². The van der Waals surface area contributed by atoms with Gasteiger partial charge in [-0.25, -0.2) is 5.43 Å². The van der Waals surface area contributed by atoms with E-state index in [2.05, 4.69) is 72.9 Å². The third kappa shape index (κ3) is 3.48. The van der Waals surface area contributed by atoms with E-state index in [0.29, 0.717) is 0 Å². The van der Waals surface area contributed by atoms with E-state index in [1.165, 1.54) is 22.3 Å². The Bertz CT molecular complexity index is 943. The van der Waals surface area contributed by atoms with Crippen LogP contribution in [-0.2, 0) is 10.2 Å². The Morgan fingerprint density at radius 1 is 0.893 bits per heavy atom. The Labute approximate surface area is 166 Å². The molecule has 1 amide bonds. The number of carbonyl (C=O) groups is 1. The Kier molecular flexibility index (Phi) is 4.82. The molecule has 4 rings (SSSR count). The molecular weight excluding hydrogens is 344 g/mol. The summed E-state index contributed by atoms with van der Waals surface area (Å²) in [4.78, 5) is 12.9. The van der Waals surface area contributed by atoms with E-state index in [0.717, 1.165) is 12.0 Å². The van der Waals surface area contributed by atoms with Gasteiger partial charge in [0.05, 0.1) is 12.1 Å². The van der Waals surface area contributed by atoms with E-state index in [9.17, 15) is 4.79 Å². The average Bonchev–Trinajstić information content (AvgIpc) is 3.47. The molecule has 1 fully saturated rings. The highest BCUT2D eigenvalue weighted by Crippen LogP contribution is 2.59. The second-order valence-corrected chi connectivity index (χ2v) is 7.61. The normalized spacial score (nSPS) is 17.4. The zero-order valence-corrected chi connectivity index (χ0v) is 16.2. The van der Waals surface area contributed by atoms with Crippen LogP contribution >= 0.6 is 0 Å². The standard InChI is InChI=1S/C25H24N2O/c1-18-8-12-21(13-9-18)25(22-14-10-19(2)11-15-22)16-23(25)24(28)27-26-17-20-6-4-3-5-7-20/h3-15,17,23H,16H2,1-2H3,(H,27,28)/b26-17+. The van der Waals surface area contributed by atoms with Gasteiger partial charge in [-0.15, -0.1) is 0 Å². The third-order valence-corrected chi connectivity index (χ3v) is 5.60. The number of benzene rings is 3. The Hall–Kier alpha value is -3.20. The molecule has 3 nitrogen and oxygen atoms in total. The summed E-state index contributed by atoms with van der Waals surface area (Å²) < 4.78 is 0. The van der Waals surface area contributed by atoms with E-state index >= 15 is 0 Å². The van der Waals surface area contributed by atoms with Crippen LogP contribution in [-0.4, -0.2) is 12.1 Å². The zero-order chi connectivity index (χ0) is 19.6. The Morgan fingerprint density at radius 3 is 1.96 bits per heavy atom. The average molecular weight is 368 g/mol. The van der Waals surface area contributed by atoms with E-state index in [4.69, 9.17) is 0 Å². The fourth-order valence-corrected chi connectivity index (χ4v) is 3.87. The zero-order valence-electron chi connectivity index (χ0n) is 16.2. The number of hydrogen-bond donors (Lipinski definition) is 1. The van der Waals surface area contributed by atoms with E-state index in [1.54, 1.807) is 6.21 Å². The first-order valence-corrected chi connectivity index (χ1v) is 9.62. The summed E-state index contributed by atoms with van der Waals surface area (Å²) in [5.41, 5.74) is 8.25. The third-order valence-electron chi connectivity index (χ3n) is 5.60. The minimum Gasteiger partial charge on any atom is -0.273 e. The van der Waals surface area contributed by atoms with Gasteiger partial charge in [0.1, 0.15) is 0 Å². The molecule has 0 saturated heterocycles. The van der Waals surface area contributed by atoms with Crippen molar-refractivity contribution in [2.75, 3.05) is 0 Å². The van der Waals surface area contributed by atoms with Gasteiger partial charge in [0, 0.05) is 5.41 Å². The summed E-state index contributed by atoms with van der Waals surface area (Å²) >= 11 is 0. The lowest BCUT2D eigenvalue weighted by Gasteiger charge is -2.19. The van der Waals surface area contributed by atoms with Crippen LogP contribution in [0.4, 0.5) is 0 Å². The lowest BCUT2D eigenvalue weighted by Crippen LogP contribution is -2.25. The number of carbonyl (C=O) groups excluding carboxylic acids is 1. The van der Waals surface area contributed by atoms with Crippen LogP contribution in [0.2, 0.25) is 0 Å². The van der Waals surface area contributed by atoms with Gasteiger partial charge >= 0.3 is 0 Å². The number of hydrazone groups is 1. The highest BCUT2D eigenvalue weighted by atomic mass is 16.2. The Morgan fingerprint density at radius 2 is 1.43 bits per heavy atom. The highest BCUT2D eigenvalue weighted by molar-refractivity contribution is 5.87. The van der Waals surface area contributed by atoms with Crippen molar-refractivity contribution in [1.82, 2.24) is 5.43 Å². The molecule has 3 aromatic rings. The quantitative estimate of drug-likeness (QED) is 0.512. The number of nitrogens with one attached hydrogen (secondary N) is 1. The van der Waals surface area contributed by atoms with Crippen molar-refractivity contribution in [2.24, 2.45) is 11.0 Å². The van der Waals surface area contributed by atoms with Gasteiger partial charge in [0.15, 0.2) is 0 Å². The van der Waals surface area contributed by atoms with Crippen LogP contribution < -0.4 is 5.43 Å². The van der Waals surface area contributed by atoms with Crippen molar-refractivity contribution in [2.45, 2.75) is 25.7 Å². The number of hydrogen-bond acceptors (Lipinski definition) is 2. The molecule has 0 radical (unpaired) electrons. The molecule has 140 valence electrons. The molecule has 1 saturated carbocycles. The van der Waals surface area contributed by atoms with Crippen LogP contribution in [0.3, 0.4) is 0 Å². The summed E-state index contributed by atoms with van der Waals surface area (Å²) in [6, 6.07) is 26.8. The summed E-state index contributed by atoms with van der Waals surface area (Å²) in [5, 5.41) is 4.16. The molecule has 0 aliphatic heterocycles. The summed E-state index contributed by atoms with van der Waals surface area (Å²) in [5.74, 6) is -0.154. The molecule has 3 aromatic carbocycles. The second kappa shape index (κ2) is 7.43. The largest absolute Gasteiger partial charge is 0.273 e. The molecule has 0 bridgehead atoms. The summed E-state index contributed by atoms with van der Waals surface area (Å²) in [6.07, 6.45) is 2.48. The predicted octanol–water partition coefficient (Wildman–Crippen LogP) is 4.76. The highest BCUT2D eigenvalue weighted by Gasteiger charge is 2.60. The summed E-state index contributed by atoms with van der Waals surface area (Å²) in [6.45, 7) is 4.16. The molecule has 0 heterocycles. The van der Waals surface area contributed by atoms with Crippen molar-refractivity contribution < 1.29 is 4.79 Å². The van der Waals surface area contributed by atoms with E-state index in [-0.39, 0.29) is 17.2 Å². The van der Waals surface area contributed by atoms with Crippen LogP contribution in [0, 0.1) is 19.8 Å². The lowest BCUT2D eigenvalue weighted by molar-refractivity contribution is -0.122. The number of nitrogens with zero attached hydrogens (tertiary/aromatic N) is 1. The topological polar surface area (TPSA) is 41.5 Å². The monoisotopic (exact) mass is 368 g/mol. The molecule has 3 heteroatoms. The number of aryl methyl sites for hydroxylation is 2. The van der Waals surface area contributed by atoms with Gasteiger partial charge < -0.3 is 0 Å². The van der Waals surface area contributed by atoms with Gasteiger partial charge in [-0.05, 0) is 37.0 Å². The lowest BCUT2D eigenvalue weighted by atomic mass is 9.85. The minimum absolute atomic E-state index is 0.0340. The molecule has 1 aliphatic carbocycles. The molecule has 1 atom stereocenters. The SMILES string of the molecule is Cc1ccc(C2(c3ccc(C)cc3)CC2C(=O)N/N=C/c2ccccc2)cc1. The maximum atomic E-state index is 12.9. The minimum atomic E-state index is -0.270. The van der Waals surface area contributed by atoms with Crippen LogP contribution in [0.1, 0.15) is 34.2 Å². The smallest absolute Gasteiger partial charge is 0.244 e. The first kappa shape index (κ1) is 18.2. The Balaban J connectivity index is 1.58. The number of rotatable bonds is 5. The number of amides is 1. The van der Waals surface area contributed by atoms with Crippen LogP contribution in [0.15, 0.2) is 84.0 Å². The van der Waals surface area contributed by atoms with Gasteiger partial charge in [-0.3, -0.25) is 4.79 Å². The first-order chi connectivity index (χ1) is 13.6. The predicted molar refractivity (Wildman–Crippen MR) is 113 cm³/mol. The molecular formula is C25H24N2O. The van der Waals surface area contributed by atoms with Crippen molar-refractivity contribution in [3.8, 4) is 0 Å². The fourth-order valence-electron chi connectivity index (χ4n) is 3.87. The van der Waals surface area contributed by atoms with Crippen LogP contribution in [0.5, 0.6) is 0 Å². The van der Waals surface area contributed by atoms with E-state index < -0.39 is 0 Å². The van der Waals surface area contributed by atoms with Crippen LogP contribution in [0.25, 0.3) is 0 Å². The first-order valence-electron chi connectivity index (χ1n) is 9.62. The van der Waals surface area contributed by atoms with Gasteiger partial charge in [-0.2, -0.15) is 5.10 Å². The fraction of sp³-hybridized carbons (Fsp3) is 0.200. The van der Waals surface area contributed by atoms with Gasteiger partial charge in [0.25, 0.3) is 0 Å². The van der Waals surface area contributed by atoms with E-state index in [1.807, 2.05) is 30.3 Å². The maximum absolute atomic E-state index is 12.9. The molecule has 28 heavy (non-hydrogen) atoms. The molecule has 1 unspecified atom stereocenters. The molecule has 0 aromatic heterocycles. The second-order valence-electron chi connectivity index (χ2n) is 7.61. The molecule has 0 spiro atoms. The molecule has 1 aliphatic rings.